The predicted molar refractivity (Wildman–Crippen MR) is 44.4 cm³/mol. The largest absolute Gasteiger partial charge is 0.288 e. The molecule has 10 heavy (non-hydrogen) atoms. The van der Waals surface area contributed by atoms with Crippen molar-refractivity contribution in [3.05, 3.63) is 6.58 Å². The van der Waals surface area contributed by atoms with E-state index in [2.05, 4.69) is 17.6 Å². The standard InChI is InChI=1S/C7H10N2S/c1-2-8-9-3-7(4-9)5-10-6-7/h1,3-6H2. The third-order valence-electron chi connectivity index (χ3n) is 2.06. The summed E-state index contributed by atoms with van der Waals surface area (Å²) in [6.45, 7) is 5.69. The average molecular weight is 154 g/mol. The molecule has 3 heteroatoms. The highest BCUT2D eigenvalue weighted by Gasteiger charge is 2.48. The SMILES string of the molecule is C=C=NN1CC2(CSC2)C1. The van der Waals surface area contributed by atoms with Crippen molar-refractivity contribution in [2.45, 2.75) is 0 Å². The smallest absolute Gasteiger partial charge is 0.0457 e. The molecule has 1 spiro atoms. The van der Waals surface area contributed by atoms with Crippen LogP contribution in [0.2, 0.25) is 0 Å². The van der Waals surface area contributed by atoms with Crippen LogP contribution in [0.1, 0.15) is 0 Å². The first-order chi connectivity index (χ1) is 4.85. The average Bonchev–Trinajstić information content (AvgIpc) is 1.72. The molecule has 0 radical (unpaired) electrons. The first-order valence-corrected chi connectivity index (χ1v) is 4.56. The molecule has 2 aliphatic rings. The molecule has 0 unspecified atom stereocenters. The molecule has 0 bridgehead atoms. The molecule has 2 saturated heterocycles. The Kier molecular flexibility index (Phi) is 1.29. The van der Waals surface area contributed by atoms with Gasteiger partial charge in [-0.25, -0.2) is 0 Å². The first kappa shape index (κ1) is 6.32. The highest BCUT2D eigenvalue weighted by molar-refractivity contribution is 8.00. The maximum Gasteiger partial charge on any atom is 0.0457 e. The van der Waals surface area contributed by atoms with Crippen LogP contribution in [0.4, 0.5) is 0 Å². The molecule has 0 amide bonds. The minimum atomic E-state index is 0.644. The van der Waals surface area contributed by atoms with Crippen LogP contribution in [0, 0.1) is 5.41 Å². The lowest BCUT2D eigenvalue weighted by atomic mass is 9.84. The van der Waals surface area contributed by atoms with Crippen molar-refractivity contribution in [3.63, 3.8) is 0 Å². The minimum Gasteiger partial charge on any atom is -0.288 e. The quantitative estimate of drug-likeness (QED) is 0.519. The van der Waals surface area contributed by atoms with Gasteiger partial charge in [-0.1, -0.05) is 0 Å². The Bertz CT molecular complexity index is 184. The van der Waals surface area contributed by atoms with Crippen LogP contribution in [0.3, 0.4) is 0 Å². The molecule has 0 aromatic carbocycles. The van der Waals surface area contributed by atoms with Gasteiger partial charge in [0.2, 0.25) is 0 Å². The molecule has 0 aromatic heterocycles. The fraction of sp³-hybridized carbons (Fsp3) is 0.714. The van der Waals surface area contributed by atoms with E-state index in [0.29, 0.717) is 5.41 Å². The van der Waals surface area contributed by atoms with Gasteiger partial charge in [-0.05, 0) is 6.58 Å². The number of thioether (sulfide) groups is 1. The van der Waals surface area contributed by atoms with Crippen molar-refractivity contribution < 1.29 is 0 Å². The molecular weight excluding hydrogens is 144 g/mol. The van der Waals surface area contributed by atoms with Crippen molar-refractivity contribution in [1.82, 2.24) is 5.01 Å². The van der Waals surface area contributed by atoms with Gasteiger partial charge in [-0.15, -0.1) is 5.10 Å². The minimum absolute atomic E-state index is 0.644. The Balaban J connectivity index is 1.87. The number of rotatable bonds is 1. The zero-order valence-electron chi connectivity index (χ0n) is 5.84. The molecule has 0 saturated carbocycles. The van der Waals surface area contributed by atoms with Gasteiger partial charge in [-0.2, -0.15) is 11.8 Å². The van der Waals surface area contributed by atoms with Crippen LogP contribution < -0.4 is 0 Å². The van der Waals surface area contributed by atoms with Crippen LogP contribution in [0.25, 0.3) is 0 Å². The number of hydrazone groups is 1. The van der Waals surface area contributed by atoms with E-state index in [1.807, 2.05) is 16.8 Å². The summed E-state index contributed by atoms with van der Waals surface area (Å²) in [5, 5.41) is 6.00. The van der Waals surface area contributed by atoms with Gasteiger partial charge in [0.05, 0.1) is 0 Å². The van der Waals surface area contributed by atoms with Crippen LogP contribution in [0.15, 0.2) is 11.7 Å². The molecule has 0 atom stereocenters. The highest BCUT2D eigenvalue weighted by Crippen LogP contribution is 2.45. The van der Waals surface area contributed by atoms with Gasteiger partial charge in [-0.3, -0.25) is 5.01 Å². The Hall–Kier alpha value is -0.400. The van der Waals surface area contributed by atoms with E-state index in [1.54, 1.807) is 0 Å². The summed E-state index contributed by atoms with van der Waals surface area (Å²) in [4.78, 5) is 0. The fourth-order valence-electron chi connectivity index (χ4n) is 1.47. The molecule has 0 aromatic rings. The second-order valence-electron chi connectivity index (χ2n) is 3.07. The molecule has 2 heterocycles. The number of hydrogen-bond acceptors (Lipinski definition) is 3. The van der Waals surface area contributed by atoms with Crippen molar-refractivity contribution in [1.29, 1.82) is 0 Å². The lowest BCUT2D eigenvalue weighted by molar-refractivity contribution is 0.0339. The molecule has 2 aliphatic heterocycles. The molecule has 0 aliphatic carbocycles. The van der Waals surface area contributed by atoms with E-state index in [-0.39, 0.29) is 0 Å². The zero-order valence-corrected chi connectivity index (χ0v) is 6.65. The lowest BCUT2D eigenvalue weighted by Crippen LogP contribution is -2.60. The third kappa shape index (κ3) is 0.780. The second kappa shape index (κ2) is 2.04. The summed E-state index contributed by atoms with van der Waals surface area (Å²) in [6, 6.07) is 0. The maximum atomic E-state index is 3.97. The van der Waals surface area contributed by atoms with E-state index in [4.69, 9.17) is 0 Å². The maximum absolute atomic E-state index is 3.97. The summed E-state index contributed by atoms with van der Waals surface area (Å²) < 4.78 is 0. The number of hydrogen-bond donors (Lipinski definition) is 0. The Labute approximate surface area is 65.0 Å². The topological polar surface area (TPSA) is 15.6 Å². The molecule has 54 valence electrons. The summed E-state index contributed by atoms with van der Waals surface area (Å²) >= 11 is 2.04. The normalized spacial score (nSPS) is 26.6. The van der Waals surface area contributed by atoms with Gasteiger partial charge < -0.3 is 0 Å². The van der Waals surface area contributed by atoms with Crippen LogP contribution in [0.5, 0.6) is 0 Å². The van der Waals surface area contributed by atoms with Crippen LogP contribution in [-0.2, 0) is 0 Å². The molecule has 0 N–H and O–H groups in total. The van der Waals surface area contributed by atoms with Crippen molar-refractivity contribution >= 4 is 17.6 Å². The first-order valence-electron chi connectivity index (χ1n) is 3.40. The van der Waals surface area contributed by atoms with Gasteiger partial charge in [0.1, 0.15) is 0 Å². The van der Waals surface area contributed by atoms with E-state index >= 15 is 0 Å². The lowest BCUT2D eigenvalue weighted by Gasteiger charge is -2.53. The zero-order chi connectivity index (χ0) is 7.03. The molecule has 2 fully saturated rings. The van der Waals surface area contributed by atoms with Crippen LogP contribution in [-0.4, -0.2) is 35.5 Å². The van der Waals surface area contributed by atoms with Gasteiger partial charge in [0.15, 0.2) is 0 Å². The van der Waals surface area contributed by atoms with E-state index in [1.165, 1.54) is 11.5 Å². The van der Waals surface area contributed by atoms with Gasteiger partial charge in [0, 0.05) is 35.9 Å². The van der Waals surface area contributed by atoms with Crippen molar-refractivity contribution in [3.8, 4) is 0 Å². The van der Waals surface area contributed by atoms with Gasteiger partial charge in [0.25, 0.3) is 0 Å². The molecule has 2 nitrogen and oxygen atoms in total. The van der Waals surface area contributed by atoms with Gasteiger partial charge >= 0.3 is 0 Å². The van der Waals surface area contributed by atoms with E-state index in [0.717, 1.165) is 13.1 Å². The monoisotopic (exact) mass is 154 g/mol. The summed E-state index contributed by atoms with van der Waals surface area (Å²) in [7, 11) is 0. The Morgan fingerprint density at radius 1 is 1.50 bits per heavy atom. The predicted octanol–water partition coefficient (Wildman–Crippen LogP) is 0.806. The highest BCUT2D eigenvalue weighted by atomic mass is 32.2. The Morgan fingerprint density at radius 2 is 2.20 bits per heavy atom. The van der Waals surface area contributed by atoms with E-state index in [9.17, 15) is 0 Å². The molecular formula is C7H10N2S. The molecule has 2 rings (SSSR count). The van der Waals surface area contributed by atoms with Crippen molar-refractivity contribution in [2.75, 3.05) is 24.6 Å². The van der Waals surface area contributed by atoms with Crippen LogP contribution >= 0.6 is 11.8 Å². The van der Waals surface area contributed by atoms with E-state index < -0.39 is 0 Å². The van der Waals surface area contributed by atoms with Crippen molar-refractivity contribution in [2.24, 2.45) is 10.5 Å². The summed E-state index contributed by atoms with van der Waals surface area (Å²) in [5.41, 5.74) is 0.644. The Morgan fingerprint density at radius 3 is 2.60 bits per heavy atom. The third-order valence-corrected chi connectivity index (χ3v) is 3.70. The summed E-state index contributed by atoms with van der Waals surface area (Å²) in [6.07, 6.45) is 0. The summed E-state index contributed by atoms with van der Waals surface area (Å²) in [5.74, 6) is 5.21. The second-order valence-corrected chi connectivity index (χ2v) is 4.06. The fourth-order valence-corrected chi connectivity index (χ4v) is 2.62. The number of nitrogens with zero attached hydrogens (tertiary/aromatic N) is 2.